The van der Waals surface area contributed by atoms with Crippen LogP contribution in [0.1, 0.15) is 43.6 Å². The molecule has 10 nitrogen and oxygen atoms in total. The molecule has 0 saturated carbocycles. The monoisotopic (exact) mass is 685 g/mol. The summed E-state index contributed by atoms with van der Waals surface area (Å²) in [6.45, 7) is 6.63. The van der Waals surface area contributed by atoms with Gasteiger partial charge in [-0.2, -0.15) is 17.6 Å². The highest BCUT2D eigenvalue weighted by Gasteiger charge is 2.35. The van der Waals surface area contributed by atoms with Gasteiger partial charge < -0.3 is 20.1 Å². The van der Waals surface area contributed by atoms with Gasteiger partial charge in [0.15, 0.2) is 16.8 Å². The molecule has 2 fully saturated rings. The maximum atomic E-state index is 16.0. The molecule has 2 aliphatic rings. The van der Waals surface area contributed by atoms with Crippen molar-refractivity contribution in [3.05, 3.63) is 45.8 Å². The van der Waals surface area contributed by atoms with Crippen molar-refractivity contribution >= 4 is 45.7 Å². The largest absolute Gasteiger partial charge is 0.481 e. The van der Waals surface area contributed by atoms with Gasteiger partial charge in [-0.25, -0.2) is 15.0 Å². The van der Waals surface area contributed by atoms with Crippen LogP contribution in [0.4, 0.5) is 34.3 Å². The van der Waals surface area contributed by atoms with E-state index in [4.69, 9.17) is 21.4 Å². The first-order valence-electron chi connectivity index (χ1n) is 15.0. The summed E-state index contributed by atoms with van der Waals surface area (Å²) in [4.78, 5) is 30.9. The van der Waals surface area contributed by atoms with Crippen molar-refractivity contribution in [3.63, 3.8) is 0 Å². The van der Waals surface area contributed by atoms with Gasteiger partial charge in [0.05, 0.1) is 35.3 Å². The highest BCUT2D eigenvalue weighted by molar-refractivity contribution is 7.16. The third kappa shape index (κ3) is 7.71. The number of aliphatic carboxylic acids is 1. The molecule has 4 heterocycles. The van der Waals surface area contributed by atoms with E-state index in [1.165, 1.54) is 29.8 Å². The van der Waals surface area contributed by atoms with E-state index in [1.54, 1.807) is 12.0 Å². The number of nitrogens with one attached hydrogen (secondary N) is 1. The first kappa shape index (κ1) is 34.2. The van der Waals surface area contributed by atoms with Crippen LogP contribution in [-0.2, 0) is 22.3 Å². The van der Waals surface area contributed by atoms with E-state index in [1.807, 2.05) is 4.90 Å². The second-order valence-electron chi connectivity index (χ2n) is 11.7. The smallest absolute Gasteiger partial charge is 0.417 e. The second-order valence-corrected chi connectivity index (χ2v) is 13.1. The minimum Gasteiger partial charge on any atom is -0.481 e. The SMILES string of the molecule is COC[C@@H]1CN(c2ncnc(Nc3nc(-c4ccc(Cl)c(C(F)(F)F)c4)c(CN4[C@H](C)CC[C@H]4C)s3)c2F)CCN1CCC(=O)O. The number of anilines is 3. The maximum Gasteiger partial charge on any atom is 0.417 e. The zero-order valence-electron chi connectivity index (χ0n) is 25.7. The van der Waals surface area contributed by atoms with Crippen molar-refractivity contribution in [2.45, 2.75) is 64.0 Å². The number of carbonyl (C=O) groups is 1. The van der Waals surface area contributed by atoms with Gasteiger partial charge in [0.2, 0.25) is 5.82 Å². The van der Waals surface area contributed by atoms with E-state index in [-0.39, 0.29) is 46.9 Å². The van der Waals surface area contributed by atoms with Crippen LogP contribution in [-0.4, -0.2) is 93.8 Å². The first-order chi connectivity index (χ1) is 21.8. The lowest BCUT2D eigenvalue weighted by Crippen LogP contribution is -2.55. The number of hydrogen-bond donors (Lipinski definition) is 2. The van der Waals surface area contributed by atoms with Crippen LogP contribution in [0.5, 0.6) is 0 Å². The number of carboxylic acids is 1. The number of piperazine rings is 1. The Labute approximate surface area is 273 Å². The van der Waals surface area contributed by atoms with Crippen molar-refractivity contribution < 1.29 is 32.2 Å². The number of thiazole rings is 1. The first-order valence-corrected chi connectivity index (χ1v) is 16.1. The van der Waals surface area contributed by atoms with E-state index in [2.05, 4.69) is 39.0 Å². The topological polar surface area (TPSA) is 107 Å². The Balaban J connectivity index is 1.43. The highest BCUT2D eigenvalue weighted by atomic mass is 35.5. The fraction of sp³-hybridized carbons (Fsp3) is 0.533. The Kier molecular flexibility index (Phi) is 10.7. The van der Waals surface area contributed by atoms with Crippen molar-refractivity contribution in [1.29, 1.82) is 0 Å². The summed E-state index contributed by atoms with van der Waals surface area (Å²) in [5.41, 5.74) is -0.343. The lowest BCUT2D eigenvalue weighted by Gasteiger charge is -2.41. The third-order valence-electron chi connectivity index (χ3n) is 8.58. The molecule has 16 heteroatoms. The van der Waals surface area contributed by atoms with Gasteiger partial charge in [-0.1, -0.05) is 29.0 Å². The summed E-state index contributed by atoms with van der Waals surface area (Å²) < 4.78 is 62.6. The number of likely N-dealkylation sites (tertiary alicyclic amines) is 1. The summed E-state index contributed by atoms with van der Waals surface area (Å²) in [7, 11) is 1.55. The summed E-state index contributed by atoms with van der Waals surface area (Å²) in [6.07, 6.45) is -1.41. The number of aromatic nitrogens is 3. The van der Waals surface area contributed by atoms with Crippen molar-refractivity contribution in [1.82, 2.24) is 24.8 Å². The van der Waals surface area contributed by atoms with E-state index in [9.17, 15) is 18.0 Å². The number of methoxy groups -OCH3 is 1. The van der Waals surface area contributed by atoms with Gasteiger partial charge in [0, 0.05) is 62.4 Å². The van der Waals surface area contributed by atoms with Crippen LogP contribution >= 0.6 is 22.9 Å². The molecule has 2 aromatic heterocycles. The number of halogens is 5. The third-order valence-corrected chi connectivity index (χ3v) is 9.86. The average Bonchev–Trinajstić information content (AvgIpc) is 3.55. The normalized spacial score (nSPS) is 21.2. The molecule has 2 aliphatic heterocycles. The number of ether oxygens (including phenoxy) is 1. The van der Waals surface area contributed by atoms with Crippen molar-refractivity contribution in [2.75, 3.05) is 50.1 Å². The van der Waals surface area contributed by atoms with Crippen LogP contribution in [0.3, 0.4) is 0 Å². The Bertz CT molecular complexity index is 1530. The zero-order chi connectivity index (χ0) is 33.2. The summed E-state index contributed by atoms with van der Waals surface area (Å²) in [5.74, 6) is -1.65. The molecule has 0 aliphatic carbocycles. The van der Waals surface area contributed by atoms with Crippen molar-refractivity contribution in [2.24, 2.45) is 0 Å². The quantitative estimate of drug-likeness (QED) is 0.229. The molecule has 3 aromatic rings. The van der Waals surface area contributed by atoms with Crippen LogP contribution < -0.4 is 10.2 Å². The number of carboxylic acid groups (broad SMARTS) is 1. The minimum atomic E-state index is -4.65. The van der Waals surface area contributed by atoms with Crippen LogP contribution in [0.25, 0.3) is 11.3 Å². The number of nitrogens with zero attached hydrogens (tertiary/aromatic N) is 6. The minimum absolute atomic E-state index is 0.0168. The molecule has 0 bridgehead atoms. The number of rotatable bonds is 11. The van der Waals surface area contributed by atoms with Crippen LogP contribution in [0, 0.1) is 5.82 Å². The van der Waals surface area contributed by atoms with Crippen LogP contribution in [0.15, 0.2) is 24.5 Å². The lowest BCUT2D eigenvalue weighted by molar-refractivity contribution is -0.138. The molecule has 0 radical (unpaired) electrons. The predicted octanol–water partition coefficient (Wildman–Crippen LogP) is 6.14. The van der Waals surface area contributed by atoms with Gasteiger partial charge in [0.25, 0.3) is 0 Å². The standard InChI is InChI=1S/C30H36ClF4N7O3S/c1-17-4-5-18(2)42(17)14-23-26(19-6-7-22(31)21(12-19)30(33,34)35)38-29(46-23)39-27-25(32)28(37-16-36-27)41-11-10-40(9-8-24(43)44)20(13-41)15-45-3/h6-7,12,16-18,20H,4-5,8-11,13-15H2,1-3H3,(H,43,44)(H,36,37,38,39)/t17-,18-,20+/m1/s1. The molecule has 5 rings (SSSR count). The molecule has 1 aromatic carbocycles. The highest BCUT2D eigenvalue weighted by Crippen LogP contribution is 2.41. The molecule has 46 heavy (non-hydrogen) atoms. The summed E-state index contributed by atoms with van der Waals surface area (Å²) >= 11 is 7.14. The molecular formula is C30H36ClF4N7O3S. The van der Waals surface area contributed by atoms with Gasteiger partial charge >= 0.3 is 12.1 Å². The van der Waals surface area contributed by atoms with E-state index < -0.39 is 28.5 Å². The maximum absolute atomic E-state index is 16.0. The Morgan fingerprint density at radius 3 is 2.61 bits per heavy atom. The van der Waals surface area contributed by atoms with Gasteiger partial charge in [0.1, 0.15) is 6.33 Å². The molecule has 3 atom stereocenters. The summed E-state index contributed by atoms with van der Waals surface area (Å²) in [5, 5.41) is 11.9. The fourth-order valence-corrected chi connectivity index (χ4v) is 7.31. The van der Waals surface area contributed by atoms with E-state index in [0.717, 1.165) is 23.8 Å². The number of hydrogen-bond acceptors (Lipinski definition) is 10. The Morgan fingerprint density at radius 2 is 1.93 bits per heavy atom. The molecule has 0 unspecified atom stereocenters. The average molecular weight is 686 g/mol. The van der Waals surface area contributed by atoms with Gasteiger partial charge in [-0.05, 0) is 38.8 Å². The van der Waals surface area contributed by atoms with E-state index in [0.29, 0.717) is 45.0 Å². The van der Waals surface area contributed by atoms with Crippen molar-refractivity contribution in [3.8, 4) is 11.3 Å². The molecular weight excluding hydrogens is 650 g/mol. The zero-order valence-corrected chi connectivity index (χ0v) is 27.2. The summed E-state index contributed by atoms with van der Waals surface area (Å²) in [6, 6.07) is 4.11. The molecule has 0 spiro atoms. The van der Waals surface area contributed by atoms with Gasteiger partial charge in [-0.15, -0.1) is 0 Å². The second kappa shape index (κ2) is 14.3. The molecule has 0 amide bonds. The Morgan fingerprint density at radius 1 is 1.20 bits per heavy atom. The molecule has 2 N–H and O–H groups in total. The molecule has 2 saturated heterocycles. The Hall–Kier alpha value is -3.11. The van der Waals surface area contributed by atoms with Gasteiger partial charge in [-0.3, -0.25) is 14.6 Å². The lowest BCUT2D eigenvalue weighted by atomic mass is 10.1. The fourth-order valence-electron chi connectivity index (χ4n) is 6.09. The van der Waals surface area contributed by atoms with Crippen LogP contribution in [0.2, 0.25) is 5.02 Å². The number of benzene rings is 1. The number of alkyl halides is 3. The van der Waals surface area contributed by atoms with E-state index >= 15 is 4.39 Å². The predicted molar refractivity (Wildman–Crippen MR) is 168 cm³/mol. The molecule has 250 valence electrons.